The molecule has 0 bridgehead atoms. The number of hydrogen-bond acceptors (Lipinski definition) is 6. The van der Waals surface area contributed by atoms with Crippen LogP contribution in [0.5, 0.6) is 5.75 Å². The van der Waals surface area contributed by atoms with Crippen LogP contribution < -0.4 is 15.6 Å². The highest BCUT2D eigenvalue weighted by Crippen LogP contribution is 2.12. The fourth-order valence-electron chi connectivity index (χ4n) is 3.29. The van der Waals surface area contributed by atoms with Crippen molar-refractivity contribution in [1.29, 1.82) is 0 Å². The highest BCUT2D eigenvalue weighted by molar-refractivity contribution is 5.83. The molecule has 1 fully saturated rings. The van der Waals surface area contributed by atoms with E-state index in [1.807, 2.05) is 11.9 Å². The van der Waals surface area contributed by atoms with Crippen LogP contribution in [0.25, 0.3) is 0 Å². The topological polar surface area (TPSA) is 96.8 Å². The summed E-state index contributed by atoms with van der Waals surface area (Å²) in [6, 6.07) is 8.23. The van der Waals surface area contributed by atoms with E-state index in [4.69, 9.17) is 4.74 Å². The van der Waals surface area contributed by atoms with Crippen molar-refractivity contribution < 1.29 is 18.7 Å². The second kappa shape index (κ2) is 10.2. The maximum absolute atomic E-state index is 13.2. The van der Waals surface area contributed by atoms with Crippen LogP contribution in [-0.4, -0.2) is 77.3 Å². The van der Waals surface area contributed by atoms with E-state index < -0.39 is 11.9 Å². The molecular formula is C21H26FN5O4. The summed E-state index contributed by atoms with van der Waals surface area (Å²) in [4.78, 5) is 40.7. The van der Waals surface area contributed by atoms with Gasteiger partial charge in [0.25, 0.3) is 5.56 Å². The van der Waals surface area contributed by atoms with Crippen LogP contribution in [0, 0.1) is 12.7 Å². The number of aromatic nitrogens is 2. The number of piperazine rings is 1. The van der Waals surface area contributed by atoms with Gasteiger partial charge in [-0.15, -0.1) is 0 Å². The predicted molar refractivity (Wildman–Crippen MR) is 111 cm³/mol. The van der Waals surface area contributed by atoms with E-state index in [1.54, 1.807) is 30.0 Å². The van der Waals surface area contributed by atoms with Crippen LogP contribution in [-0.2, 0) is 16.1 Å². The number of nitrogens with one attached hydrogen (secondary N) is 1. The van der Waals surface area contributed by atoms with Crippen molar-refractivity contribution in [2.24, 2.45) is 0 Å². The van der Waals surface area contributed by atoms with E-state index >= 15 is 0 Å². The number of benzene rings is 1. The Morgan fingerprint density at radius 3 is 2.84 bits per heavy atom. The lowest BCUT2D eigenvalue weighted by molar-refractivity contribution is -0.138. The SMILES string of the molecule is Cc1ccc(=O)n(CC(=O)N2CCN(C)[C@@H](C(=O)NCCOc3cccc(F)c3)C2)n1. The quantitative estimate of drug-likeness (QED) is 0.622. The molecular weight excluding hydrogens is 405 g/mol. The zero-order valence-electron chi connectivity index (χ0n) is 17.6. The van der Waals surface area contributed by atoms with Gasteiger partial charge in [0.1, 0.15) is 30.8 Å². The summed E-state index contributed by atoms with van der Waals surface area (Å²) in [6.45, 7) is 3.22. The number of rotatable bonds is 7. The Morgan fingerprint density at radius 2 is 2.06 bits per heavy atom. The van der Waals surface area contributed by atoms with Gasteiger partial charge < -0.3 is 15.0 Å². The molecule has 0 aliphatic carbocycles. The van der Waals surface area contributed by atoms with E-state index in [1.165, 1.54) is 18.2 Å². The van der Waals surface area contributed by atoms with Crippen LogP contribution in [0.4, 0.5) is 4.39 Å². The van der Waals surface area contributed by atoms with E-state index in [0.717, 1.165) is 4.68 Å². The summed E-state index contributed by atoms with van der Waals surface area (Å²) in [7, 11) is 1.82. The van der Waals surface area contributed by atoms with Crippen molar-refractivity contribution >= 4 is 11.8 Å². The zero-order chi connectivity index (χ0) is 22.4. The van der Waals surface area contributed by atoms with Gasteiger partial charge >= 0.3 is 0 Å². The molecule has 0 spiro atoms. The molecule has 10 heteroatoms. The fraction of sp³-hybridized carbons (Fsp3) is 0.429. The molecule has 1 aromatic carbocycles. The van der Waals surface area contributed by atoms with Crippen molar-refractivity contribution in [3.8, 4) is 5.75 Å². The van der Waals surface area contributed by atoms with Gasteiger partial charge in [0.05, 0.1) is 12.2 Å². The molecule has 0 unspecified atom stereocenters. The Kier molecular flexibility index (Phi) is 7.35. The van der Waals surface area contributed by atoms with Gasteiger partial charge in [0.2, 0.25) is 11.8 Å². The van der Waals surface area contributed by atoms with Crippen molar-refractivity contribution in [2.45, 2.75) is 19.5 Å². The highest BCUT2D eigenvalue weighted by Gasteiger charge is 2.32. The zero-order valence-corrected chi connectivity index (χ0v) is 17.6. The number of aryl methyl sites for hydroxylation is 1. The van der Waals surface area contributed by atoms with E-state index in [0.29, 0.717) is 24.5 Å². The van der Waals surface area contributed by atoms with E-state index in [9.17, 15) is 18.8 Å². The summed E-state index contributed by atoms with van der Waals surface area (Å²) in [5.41, 5.74) is 0.296. The number of likely N-dealkylation sites (N-methyl/N-ethyl adjacent to an activating group) is 1. The van der Waals surface area contributed by atoms with Gasteiger partial charge in [0.15, 0.2) is 0 Å². The first-order valence-electron chi connectivity index (χ1n) is 10.0. The van der Waals surface area contributed by atoms with Crippen molar-refractivity contribution in [2.75, 3.05) is 39.8 Å². The van der Waals surface area contributed by atoms with Gasteiger partial charge in [-0.2, -0.15) is 5.10 Å². The first-order valence-corrected chi connectivity index (χ1v) is 10.0. The first-order chi connectivity index (χ1) is 14.8. The summed E-state index contributed by atoms with van der Waals surface area (Å²) < 4.78 is 19.7. The summed E-state index contributed by atoms with van der Waals surface area (Å²) in [5.74, 6) is -0.492. The number of carbonyl (C=O) groups is 2. The fourth-order valence-corrected chi connectivity index (χ4v) is 3.29. The molecule has 1 saturated heterocycles. The molecule has 2 aromatic rings. The molecule has 2 amide bonds. The van der Waals surface area contributed by atoms with Gasteiger partial charge in [-0.05, 0) is 32.2 Å². The lowest BCUT2D eigenvalue weighted by Crippen LogP contribution is -2.59. The number of hydrogen-bond donors (Lipinski definition) is 1. The second-order valence-corrected chi connectivity index (χ2v) is 7.40. The maximum Gasteiger partial charge on any atom is 0.267 e. The van der Waals surface area contributed by atoms with Gasteiger partial charge in [-0.25, -0.2) is 9.07 Å². The van der Waals surface area contributed by atoms with Crippen molar-refractivity contribution in [1.82, 2.24) is 24.9 Å². The number of nitrogens with zero attached hydrogens (tertiary/aromatic N) is 4. The maximum atomic E-state index is 13.2. The smallest absolute Gasteiger partial charge is 0.267 e. The second-order valence-electron chi connectivity index (χ2n) is 7.40. The van der Waals surface area contributed by atoms with Crippen LogP contribution in [0.2, 0.25) is 0 Å². The monoisotopic (exact) mass is 431 g/mol. The Labute approximate surface area is 179 Å². The summed E-state index contributed by atoms with van der Waals surface area (Å²) >= 11 is 0. The van der Waals surface area contributed by atoms with Crippen molar-refractivity contribution in [3.63, 3.8) is 0 Å². The molecule has 1 aliphatic heterocycles. The molecule has 2 heterocycles. The number of ether oxygens (including phenoxy) is 1. The third-order valence-corrected chi connectivity index (χ3v) is 5.05. The minimum atomic E-state index is -0.519. The molecule has 1 atom stereocenters. The van der Waals surface area contributed by atoms with Crippen molar-refractivity contribution in [3.05, 3.63) is 58.3 Å². The van der Waals surface area contributed by atoms with Crippen LogP contribution in [0.15, 0.2) is 41.2 Å². The number of carbonyl (C=O) groups excluding carboxylic acids is 2. The predicted octanol–water partition coefficient (Wildman–Crippen LogP) is 0.0286. The minimum absolute atomic E-state index is 0.167. The Balaban J connectivity index is 1.51. The van der Waals surface area contributed by atoms with Crippen LogP contribution in [0.1, 0.15) is 5.69 Å². The third kappa shape index (κ3) is 6.11. The largest absolute Gasteiger partial charge is 0.492 e. The Bertz CT molecular complexity index is 996. The van der Waals surface area contributed by atoms with Gasteiger partial charge in [-0.3, -0.25) is 19.3 Å². The average molecular weight is 431 g/mol. The Morgan fingerprint density at radius 1 is 1.26 bits per heavy atom. The van der Waals surface area contributed by atoms with Gasteiger partial charge in [-0.1, -0.05) is 6.07 Å². The molecule has 0 saturated carbocycles. The van der Waals surface area contributed by atoms with Crippen LogP contribution in [0.3, 0.4) is 0 Å². The molecule has 3 rings (SSSR count). The molecule has 1 aliphatic rings. The Hall–Kier alpha value is -3.27. The molecule has 9 nitrogen and oxygen atoms in total. The molecule has 166 valence electrons. The van der Waals surface area contributed by atoms with Crippen LogP contribution >= 0.6 is 0 Å². The average Bonchev–Trinajstić information content (AvgIpc) is 2.74. The minimum Gasteiger partial charge on any atom is -0.492 e. The number of amides is 2. The molecule has 31 heavy (non-hydrogen) atoms. The summed E-state index contributed by atoms with van der Waals surface area (Å²) in [6.07, 6.45) is 0. The van der Waals surface area contributed by atoms with E-state index in [2.05, 4.69) is 10.4 Å². The molecule has 1 N–H and O–H groups in total. The number of halogens is 1. The van der Waals surface area contributed by atoms with Gasteiger partial charge in [0, 0.05) is 31.8 Å². The molecule has 1 aromatic heterocycles. The molecule has 0 radical (unpaired) electrons. The standard InChI is InChI=1S/C21H26FN5O4/c1-15-6-7-19(28)27(24-15)14-20(29)26-10-9-25(2)18(13-26)21(30)23-8-11-31-17-5-3-4-16(22)12-17/h3-7,12,18H,8-11,13-14H2,1-2H3,(H,23,30)/t18-/m1/s1. The first kappa shape index (κ1) is 22.4. The lowest BCUT2D eigenvalue weighted by atomic mass is 10.1. The lowest BCUT2D eigenvalue weighted by Gasteiger charge is -2.38. The normalized spacial score (nSPS) is 16.7. The summed E-state index contributed by atoms with van der Waals surface area (Å²) in [5, 5.41) is 6.88. The highest BCUT2D eigenvalue weighted by atomic mass is 19.1. The van der Waals surface area contributed by atoms with E-state index in [-0.39, 0.29) is 43.6 Å². The third-order valence-electron chi connectivity index (χ3n) is 5.05.